The first kappa shape index (κ1) is 17.2. The molecule has 0 aliphatic carbocycles. The van der Waals surface area contributed by atoms with Gasteiger partial charge in [0.1, 0.15) is 29.3 Å². The summed E-state index contributed by atoms with van der Waals surface area (Å²) in [5, 5.41) is 3.43. The van der Waals surface area contributed by atoms with Gasteiger partial charge in [-0.1, -0.05) is 13.0 Å². The number of fused-ring (bicyclic) bond motifs is 2. The van der Waals surface area contributed by atoms with Crippen LogP contribution in [0.1, 0.15) is 25.2 Å². The van der Waals surface area contributed by atoms with Crippen molar-refractivity contribution < 1.29 is 4.39 Å². The number of nitrogens with one attached hydrogen (secondary N) is 2. The first-order valence-electron chi connectivity index (χ1n) is 9.24. The zero-order valence-electron chi connectivity index (χ0n) is 15.5. The average molecular weight is 388 g/mol. The molecule has 144 valence electrons. The molecular formula is C20H17FN8. The molecule has 0 bridgehead atoms. The van der Waals surface area contributed by atoms with Gasteiger partial charge in [-0.2, -0.15) is 0 Å². The third kappa shape index (κ3) is 2.96. The van der Waals surface area contributed by atoms with Gasteiger partial charge >= 0.3 is 0 Å². The Bertz CT molecular complexity index is 1290. The maximum Gasteiger partial charge on any atom is 0.182 e. The maximum atomic E-state index is 14.0. The monoisotopic (exact) mass is 388 g/mol. The molecule has 1 unspecified atom stereocenters. The summed E-state index contributed by atoms with van der Waals surface area (Å²) < 4.78 is 15.9. The second-order valence-corrected chi connectivity index (χ2v) is 6.55. The molecule has 0 fully saturated rings. The van der Waals surface area contributed by atoms with Crippen LogP contribution < -0.4 is 5.32 Å². The van der Waals surface area contributed by atoms with Crippen LogP contribution >= 0.6 is 0 Å². The minimum absolute atomic E-state index is 0.200. The molecule has 0 saturated heterocycles. The highest BCUT2D eigenvalue weighted by molar-refractivity contribution is 5.82. The Labute approximate surface area is 164 Å². The van der Waals surface area contributed by atoms with E-state index in [-0.39, 0.29) is 11.9 Å². The molecule has 0 amide bonds. The number of aromatic nitrogens is 7. The molecule has 1 atom stereocenters. The van der Waals surface area contributed by atoms with E-state index in [0.29, 0.717) is 28.3 Å². The number of pyridine rings is 1. The van der Waals surface area contributed by atoms with Gasteiger partial charge in [0.15, 0.2) is 11.5 Å². The Morgan fingerprint density at radius 2 is 2.07 bits per heavy atom. The van der Waals surface area contributed by atoms with Gasteiger partial charge in [-0.25, -0.2) is 29.3 Å². The fourth-order valence-corrected chi connectivity index (χ4v) is 3.42. The Balaban J connectivity index is 1.67. The molecule has 0 aliphatic rings. The summed E-state index contributed by atoms with van der Waals surface area (Å²) in [6, 6.07) is 9.98. The van der Waals surface area contributed by atoms with E-state index in [2.05, 4.69) is 30.2 Å². The number of halogens is 1. The molecule has 29 heavy (non-hydrogen) atoms. The summed E-state index contributed by atoms with van der Waals surface area (Å²) in [5.41, 5.74) is 2.66. The van der Waals surface area contributed by atoms with Crippen molar-refractivity contribution in [2.75, 3.05) is 5.32 Å². The zero-order valence-corrected chi connectivity index (χ0v) is 15.5. The van der Waals surface area contributed by atoms with Crippen molar-refractivity contribution in [2.45, 2.75) is 19.4 Å². The smallest absolute Gasteiger partial charge is 0.182 e. The van der Waals surface area contributed by atoms with Crippen LogP contribution in [-0.2, 0) is 0 Å². The van der Waals surface area contributed by atoms with Gasteiger partial charge in [0, 0.05) is 12.3 Å². The van der Waals surface area contributed by atoms with Crippen LogP contribution in [0.5, 0.6) is 0 Å². The number of anilines is 1. The van der Waals surface area contributed by atoms with Crippen molar-refractivity contribution in [3.05, 3.63) is 66.9 Å². The molecule has 0 radical (unpaired) electrons. The minimum atomic E-state index is -0.322. The lowest BCUT2D eigenvalue weighted by atomic mass is 10.2. The summed E-state index contributed by atoms with van der Waals surface area (Å²) in [6.45, 7) is 2.05. The van der Waals surface area contributed by atoms with Crippen LogP contribution in [0.2, 0.25) is 0 Å². The number of hydrogen-bond donors (Lipinski definition) is 2. The van der Waals surface area contributed by atoms with E-state index in [0.717, 1.165) is 17.8 Å². The predicted molar refractivity (Wildman–Crippen MR) is 107 cm³/mol. The Morgan fingerprint density at radius 3 is 2.90 bits per heavy atom. The van der Waals surface area contributed by atoms with E-state index in [1.807, 2.05) is 29.7 Å². The second kappa shape index (κ2) is 6.93. The van der Waals surface area contributed by atoms with Gasteiger partial charge in [-0.15, -0.1) is 0 Å². The highest BCUT2D eigenvalue weighted by Gasteiger charge is 2.22. The fourth-order valence-electron chi connectivity index (χ4n) is 3.42. The van der Waals surface area contributed by atoms with Crippen molar-refractivity contribution in [3.8, 4) is 5.82 Å². The number of H-pyrrole nitrogens is 1. The van der Waals surface area contributed by atoms with E-state index in [4.69, 9.17) is 4.98 Å². The average Bonchev–Trinajstić information content (AvgIpc) is 3.37. The number of rotatable bonds is 5. The minimum Gasteiger partial charge on any atom is -0.358 e. The summed E-state index contributed by atoms with van der Waals surface area (Å²) >= 11 is 0. The standard InChI is InChI=1S/C20H17FN8/c1-2-13(27-19-17-18(24-10-23-17)25-11-26-19)20-28-14-7-6-12(21)9-15(14)29(20)16-5-3-4-8-22-16/h3-11,13H,2H2,1H3,(H2,23,24,25,26,27). The molecule has 0 saturated carbocycles. The van der Waals surface area contributed by atoms with Crippen LogP contribution in [0.3, 0.4) is 0 Å². The molecule has 4 aromatic heterocycles. The molecule has 5 aromatic rings. The summed E-state index contributed by atoms with van der Waals surface area (Å²) in [4.78, 5) is 25.0. The number of nitrogens with zero attached hydrogens (tertiary/aromatic N) is 6. The molecule has 4 heterocycles. The third-order valence-electron chi connectivity index (χ3n) is 4.77. The van der Waals surface area contributed by atoms with Crippen LogP contribution in [0.4, 0.5) is 10.2 Å². The molecule has 5 rings (SSSR count). The van der Waals surface area contributed by atoms with Gasteiger partial charge < -0.3 is 10.3 Å². The lowest BCUT2D eigenvalue weighted by Crippen LogP contribution is -2.17. The van der Waals surface area contributed by atoms with Crippen molar-refractivity contribution >= 4 is 28.0 Å². The first-order chi connectivity index (χ1) is 14.2. The normalized spacial score (nSPS) is 12.5. The van der Waals surface area contributed by atoms with E-state index in [1.54, 1.807) is 18.6 Å². The molecule has 0 aliphatic heterocycles. The van der Waals surface area contributed by atoms with Crippen molar-refractivity contribution in [1.29, 1.82) is 0 Å². The molecule has 8 nitrogen and oxygen atoms in total. The highest BCUT2D eigenvalue weighted by Crippen LogP contribution is 2.29. The quantitative estimate of drug-likeness (QED) is 0.475. The number of aromatic amines is 1. The van der Waals surface area contributed by atoms with E-state index in [1.165, 1.54) is 18.5 Å². The number of benzene rings is 1. The zero-order chi connectivity index (χ0) is 19.8. The summed E-state index contributed by atoms with van der Waals surface area (Å²) in [7, 11) is 0. The fraction of sp³-hybridized carbons (Fsp3) is 0.150. The predicted octanol–water partition coefficient (Wildman–Crippen LogP) is 3.79. The van der Waals surface area contributed by atoms with Gasteiger partial charge in [0.05, 0.1) is 23.4 Å². The van der Waals surface area contributed by atoms with Crippen LogP contribution in [0.25, 0.3) is 28.0 Å². The number of imidazole rings is 2. The molecule has 0 spiro atoms. The van der Waals surface area contributed by atoms with Crippen molar-refractivity contribution in [1.82, 2.24) is 34.5 Å². The van der Waals surface area contributed by atoms with Crippen LogP contribution in [-0.4, -0.2) is 34.5 Å². The Hall–Kier alpha value is -3.88. The first-order valence-corrected chi connectivity index (χ1v) is 9.24. The van der Waals surface area contributed by atoms with E-state index in [9.17, 15) is 4.39 Å². The molecule has 1 aromatic carbocycles. The lowest BCUT2D eigenvalue weighted by molar-refractivity contribution is 0.628. The second-order valence-electron chi connectivity index (χ2n) is 6.55. The topological polar surface area (TPSA) is 97.2 Å². The van der Waals surface area contributed by atoms with Crippen molar-refractivity contribution in [3.63, 3.8) is 0 Å². The van der Waals surface area contributed by atoms with Crippen molar-refractivity contribution in [2.24, 2.45) is 0 Å². The molecule has 2 N–H and O–H groups in total. The van der Waals surface area contributed by atoms with Gasteiger partial charge in [-0.05, 0) is 30.7 Å². The van der Waals surface area contributed by atoms with Crippen LogP contribution in [0.15, 0.2) is 55.2 Å². The Kier molecular flexibility index (Phi) is 4.12. The van der Waals surface area contributed by atoms with E-state index < -0.39 is 0 Å². The van der Waals surface area contributed by atoms with Crippen LogP contribution in [0, 0.1) is 5.82 Å². The van der Waals surface area contributed by atoms with Gasteiger partial charge in [0.25, 0.3) is 0 Å². The lowest BCUT2D eigenvalue weighted by Gasteiger charge is -2.19. The van der Waals surface area contributed by atoms with Gasteiger partial charge in [0.2, 0.25) is 0 Å². The number of hydrogen-bond acceptors (Lipinski definition) is 6. The summed E-state index contributed by atoms with van der Waals surface area (Å²) in [6.07, 6.45) is 5.47. The molecule has 9 heteroatoms. The summed E-state index contributed by atoms with van der Waals surface area (Å²) in [5.74, 6) is 1.70. The largest absolute Gasteiger partial charge is 0.358 e. The van der Waals surface area contributed by atoms with E-state index >= 15 is 0 Å². The van der Waals surface area contributed by atoms with Gasteiger partial charge in [-0.3, -0.25) is 4.57 Å². The Morgan fingerprint density at radius 1 is 1.14 bits per heavy atom. The maximum absolute atomic E-state index is 14.0. The molecular weight excluding hydrogens is 371 g/mol. The SMILES string of the molecule is CCC(Nc1ncnc2nc[nH]c12)c1nc2ccc(F)cc2n1-c1ccccn1. The third-order valence-corrected chi connectivity index (χ3v) is 4.77. The highest BCUT2D eigenvalue weighted by atomic mass is 19.1.